The van der Waals surface area contributed by atoms with Crippen LogP contribution in [0, 0.1) is 0 Å². The predicted molar refractivity (Wildman–Crippen MR) is 129 cm³/mol. The minimum Gasteiger partial charge on any atom is -0.507 e. The molecule has 0 heterocycles. The number of aromatic carboxylic acids is 1. The first kappa shape index (κ1) is 22.2. The number of hydrogen-bond donors (Lipinski definition) is 2. The SMILES string of the molecule is CC(C)(c1ccc(OCCOc2cccc3ccccc23)cc1)c1ccc(O)c(C(=O)O)c1. The molecule has 0 spiro atoms. The summed E-state index contributed by atoms with van der Waals surface area (Å²) in [5.41, 5.74) is 1.25. The lowest BCUT2D eigenvalue weighted by Gasteiger charge is -2.27. The predicted octanol–water partition coefficient (Wildman–Crippen LogP) is 6.03. The number of carboxylic acid groups (broad SMARTS) is 1. The van der Waals surface area contributed by atoms with Crippen molar-refractivity contribution in [1.82, 2.24) is 0 Å². The van der Waals surface area contributed by atoms with Crippen molar-refractivity contribution in [2.75, 3.05) is 13.2 Å². The van der Waals surface area contributed by atoms with Crippen LogP contribution in [-0.4, -0.2) is 29.4 Å². The Labute approximate surface area is 192 Å². The summed E-state index contributed by atoms with van der Waals surface area (Å²) in [5.74, 6) is 0.174. The van der Waals surface area contributed by atoms with Crippen LogP contribution in [0.5, 0.6) is 17.2 Å². The normalized spacial score (nSPS) is 11.3. The first-order valence-corrected chi connectivity index (χ1v) is 10.8. The van der Waals surface area contributed by atoms with Crippen LogP contribution < -0.4 is 9.47 Å². The molecular formula is C28H26O5. The number of fused-ring (bicyclic) bond motifs is 1. The van der Waals surface area contributed by atoms with Crippen LogP contribution in [0.4, 0.5) is 0 Å². The summed E-state index contributed by atoms with van der Waals surface area (Å²) in [4.78, 5) is 11.4. The molecular weight excluding hydrogens is 416 g/mol. The van der Waals surface area contributed by atoms with Gasteiger partial charge in [-0.05, 0) is 46.8 Å². The molecule has 0 aliphatic carbocycles. The summed E-state index contributed by atoms with van der Waals surface area (Å²) in [6, 6.07) is 26.5. The molecule has 33 heavy (non-hydrogen) atoms. The Balaban J connectivity index is 1.39. The molecule has 0 saturated heterocycles. The molecule has 0 radical (unpaired) electrons. The van der Waals surface area contributed by atoms with E-state index in [0.29, 0.717) is 13.2 Å². The van der Waals surface area contributed by atoms with Crippen molar-refractivity contribution in [3.05, 3.63) is 102 Å². The van der Waals surface area contributed by atoms with E-state index in [1.165, 1.54) is 12.1 Å². The highest BCUT2D eigenvalue weighted by Gasteiger charge is 2.25. The van der Waals surface area contributed by atoms with Gasteiger partial charge in [-0.2, -0.15) is 0 Å². The Morgan fingerprint density at radius 1 is 0.818 bits per heavy atom. The van der Waals surface area contributed by atoms with Gasteiger partial charge >= 0.3 is 5.97 Å². The van der Waals surface area contributed by atoms with E-state index in [-0.39, 0.29) is 11.3 Å². The first-order valence-electron chi connectivity index (χ1n) is 10.8. The van der Waals surface area contributed by atoms with E-state index in [0.717, 1.165) is 33.4 Å². The van der Waals surface area contributed by atoms with E-state index in [1.807, 2.05) is 68.4 Å². The van der Waals surface area contributed by atoms with Crippen molar-refractivity contribution in [2.24, 2.45) is 0 Å². The summed E-state index contributed by atoms with van der Waals surface area (Å²) in [7, 11) is 0. The summed E-state index contributed by atoms with van der Waals surface area (Å²) in [5, 5.41) is 21.3. The number of hydrogen-bond acceptors (Lipinski definition) is 4. The van der Waals surface area contributed by atoms with Crippen LogP contribution in [0.25, 0.3) is 10.8 Å². The molecule has 0 bridgehead atoms. The van der Waals surface area contributed by atoms with Crippen molar-refractivity contribution in [3.8, 4) is 17.2 Å². The van der Waals surface area contributed by atoms with Gasteiger partial charge in [0.05, 0.1) is 0 Å². The van der Waals surface area contributed by atoms with Gasteiger partial charge in [-0.1, -0.05) is 68.4 Å². The van der Waals surface area contributed by atoms with E-state index < -0.39 is 11.4 Å². The van der Waals surface area contributed by atoms with Crippen molar-refractivity contribution < 1.29 is 24.5 Å². The zero-order valence-electron chi connectivity index (χ0n) is 18.6. The van der Waals surface area contributed by atoms with Gasteiger partial charge in [-0.15, -0.1) is 0 Å². The highest BCUT2D eigenvalue weighted by Crippen LogP contribution is 2.34. The average molecular weight is 443 g/mol. The van der Waals surface area contributed by atoms with Gasteiger partial charge in [0.1, 0.15) is 36.0 Å². The number of rotatable bonds is 8. The molecule has 0 aliphatic heterocycles. The second-order valence-corrected chi connectivity index (χ2v) is 8.36. The maximum Gasteiger partial charge on any atom is 0.339 e. The summed E-state index contributed by atoms with van der Waals surface area (Å²) in [6.45, 7) is 4.86. The molecule has 5 nitrogen and oxygen atoms in total. The Morgan fingerprint density at radius 2 is 1.48 bits per heavy atom. The van der Waals surface area contributed by atoms with E-state index in [9.17, 15) is 15.0 Å². The Hall–Kier alpha value is -3.99. The van der Waals surface area contributed by atoms with Crippen molar-refractivity contribution in [1.29, 1.82) is 0 Å². The molecule has 0 amide bonds. The highest BCUT2D eigenvalue weighted by molar-refractivity contribution is 5.91. The standard InChI is InChI=1S/C28H26O5/c1-28(2,21-12-15-25(29)24(18-21)27(30)31)20-10-13-22(14-11-20)32-16-17-33-26-9-5-7-19-6-3-4-8-23(19)26/h3-15,18,29H,16-17H2,1-2H3,(H,30,31). The third kappa shape index (κ3) is 4.77. The van der Waals surface area contributed by atoms with Crippen LogP contribution in [-0.2, 0) is 5.41 Å². The molecule has 0 atom stereocenters. The number of aromatic hydroxyl groups is 1. The zero-order valence-corrected chi connectivity index (χ0v) is 18.6. The van der Waals surface area contributed by atoms with Gasteiger partial charge < -0.3 is 19.7 Å². The maximum atomic E-state index is 11.4. The van der Waals surface area contributed by atoms with Crippen molar-refractivity contribution >= 4 is 16.7 Å². The number of phenols is 1. The number of carbonyl (C=O) groups is 1. The van der Waals surface area contributed by atoms with E-state index in [2.05, 4.69) is 12.1 Å². The van der Waals surface area contributed by atoms with Crippen molar-refractivity contribution in [3.63, 3.8) is 0 Å². The first-order chi connectivity index (χ1) is 15.9. The average Bonchev–Trinajstić information content (AvgIpc) is 2.82. The second-order valence-electron chi connectivity index (χ2n) is 8.36. The van der Waals surface area contributed by atoms with Gasteiger partial charge in [0.2, 0.25) is 0 Å². The summed E-state index contributed by atoms with van der Waals surface area (Å²) in [6.07, 6.45) is 0. The second kappa shape index (κ2) is 9.25. The third-order valence-corrected chi connectivity index (χ3v) is 5.88. The van der Waals surface area contributed by atoms with Gasteiger partial charge in [0, 0.05) is 10.8 Å². The molecule has 168 valence electrons. The number of benzene rings is 4. The Kier molecular flexibility index (Phi) is 6.22. The van der Waals surface area contributed by atoms with Crippen LogP contribution >= 0.6 is 0 Å². The van der Waals surface area contributed by atoms with Crippen molar-refractivity contribution in [2.45, 2.75) is 19.3 Å². The fourth-order valence-electron chi connectivity index (χ4n) is 3.86. The lowest BCUT2D eigenvalue weighted by molar-refractivity contribution is 0.0693. The Morgan fingerprint density at radius 3 is 2.24 bits per heavy atom. The highest BCUT2D eigenvalue weighted by atomic mass is 16.5. The van der Waals surface area contributed by atoms with Gasteiger partial charge in [-0.25, -0.2) is 4.79 Å². The molecule has 0 saturated carbocycles. The topological polar surface area (TPSA) is 76.0 Å². The molecule has 0 aromatic heterocycles. The van der Waals surface area contributed by atoms with Crippen LogP contribution in [0.15, 0.2) is 84.9 Å². The Bertz CT molecular complexity index is 1270. The van der Waals surface area contributed by atoms with E-state index >= 15 is 0 Å². The lowest BCUT2D eigenvalue weighted by atomic mass is 9.77. The molecule has 0 aliphatic rings. The fourth-order valence-corrected chi connectivity index (χ4v) is 3.86. The van der Waals surface area contributed by atoms with Gasteiger partial charge in [0.25, 0.3) is 0 Å². The van der Waals surface area contributed by atoms with Crippen LogP contribution in [0.3, 0.4) is 0 Å². The molecule has 5 heteroatoms. The summed E-state index contributed by atoms with van der Waals surface area (Å²) < 4.78 is 11.8. The van der Waals surface area contributed by atoms with Gasteiger partial charge in [0.15, 0.2) is 0 Å². The number of ether oxygens (including phenoxy) is 2. The van der Waals surface area contributed by atoms with E-state index in [1.54, 1.807) is 6.07 Å². The van der Waals surface area contributed by atoms with Crippen LogP contribution in [0.2, 0.25) is 0 Å². The molecule has 0 fully saturated rings. The minimum absolute atomic E-state index is 0.105. The molecule has 4 aromatic carbocycles. The fraction of sp³-hybridized carbons (Fsp3) is 0.179. The lowest BCUT2D eigenvalue weighted by Crippen LogP contribution is -2.19. The smallest absolute Gasteiger partial charge is 0.339 e. The minimum atomic E-state index is -1.15. The maximum absolute atomic E-state index is 11.4. The number of carboxylic acids is 1. The molecule has 0 unspecified atom stereocenters. The molecule has 4 rings (SSSR count). The van der Waals surface area contributed by atoms with Gasteiger partial charge in [-0.3, -0.25) is 0 Å². The monoisotopic (exact) mass is 442 g/mol. The molecule has 4 aromatic rings. The summed E-state index contributed by atoms with van der Waals surface area (Å²) >= 11 is 0. The zero-order chi connectivity index (χ0) is 23.4. The van der Waals surface area contributed by atoms with Crippen LogP contribution in [0.1, 0.15) is 35.3 Å². The largest absolute Gasteiger partial charge is 0.507 e. The quantitative estimate of drug-likeness (QED) is 0.326. The van der Waals surface area contributed by atoms with E-state index in [4.69, 9.17) is 9.47 Å². The molecule has 2 N–H and O–H groups in total. The third-order valence-electron chi connectivity index (χ3n) is 5.88.